The van der Waals surface area contributed by atoms with Gasteiger partial charge < -0.3 is 15.4 Å². The van der Waals surface area contributed by atoms with Crippen LogP contribution in [-0.4, -0.2) is 28.2 Å². The summed E-state index contributed by atoms with van der Waals surface area (Å²) in [5.41, 5.74) is 1.77. The Bertz CT molecular complexity index is 795. The Morgan fingerprint density at radius 3 is 2.80 bits per heavy atom. The van der Waals surface area contributed by atoms with Gasteiger partial charge in [0.1, 0.15) is 11.6 Å². The molecule has 1 aromatic carbocycles. The molecule has 1 aliphatic heterocycles. The smallest absolute Gasteiger partial charge is 0.230 e. The van der Waals surface area contributed by atoms with Gasteiger partial charge in [-0.3, -0.25) is 14.3 Å². The molecule has 2 heterocycles. The highest BCUT2D eigenvalue weighted by molar-refractivity contribution is 5.98. The van der Waals surface area contributed by atoms with Gasteiger partial charge in [0, 0.05) is 19.0 Å². The fraction of sp³-hybridized carbons (Fsp3) is 0.389. The molecule has 2 aromatic rings. The van der Waals surface area contributed by atoms with Gasteiger partial charge in [0.15, 0.2) is 5.82 Å². The number of carbonyl (C=O) groups excluding carboxylic acids is 2. The van der Waals surface area contributed by atoms with E-state index in [1.54, 1.807) is 11.7 Å². The van der Waals surface area contributed by atoms with Crippen molar-refractivity contribution < 1.29 is 14.3 Å². The van der Waals surface area contributed by atoms with Crippen molar-refractivity contribution in [3.05, 3.63) is 35.4 Å². The van der Waals surface area contributed by atoms with Crippen molar-refractivity contribution >= 4 is 23.5 Å². The lowest BCUT2D eigenvalue weighted by Crippen LogP contribution is -2.23. The third kappa shape index (κ3) is 3.65. The molecule has 3 rings (SSSR count). The van der Waals surface area contributed by atoms with Crippen molar-refractivity contribution in [3.8, 4) is 5.75 Å². The molecule has 0 saturated carbocycles. The van der Waals surface area contributed by atoms with Crippen molar-refractivity contribution in [1.29, 1.82) is 0 Å². The van der Waals surface area contributed by atoms with Crippen molar-refractivity contribution in [1.82, 2.24) is 9.78 Å². The Morgan fingerprint density at radius 2 is 2.12 bits per heavy atom. The normalized spacial score (nSPS) is 16.1. The number of hydrogen-bond donors (Lipinski definition) is 2. The van der Waals surface area contributed by atoms with Crippen LogP contribution in [-0.2, 0) is 23.1 Å². The molecule has 132 valence electrons. The predicted octanol–water partition coefficient (Wildman–Crippen LogP) is 2.45. The lowest BCUT2D eigenvalue weighted by atomic mass is 9.95. The first kappa shape index (κ1) is 17.0. The summed E-state index contributed by atoms with van der Waals surface area (Å²) in [7, 11) is 1.75. The van der Waals surface area contributed by atoms with Gasteiger partial charge in [-0.1, -0.05) is 19.1 Å². The van der Waals surface area contributed by atoms with E-state index >= 15 is 0 Å². The van der Waals surface area contributed by atoms with Crippen LogP contribution in [0, 0.1) is 0 Å². The number of aromatic nitrogens is 2. The predicted molar refractivity (Wildman–Crippen MR) is 94.8 cm³/mol. The number of nitrogens with one attached hydrogen (secondary N) is 2. The van der Waals surface area contributed by atoms with E-state index in [0.717, 1.165) is 16.9 Å². The van der Waals surface area contributed by atoms with E-state index < -0.39 is 0 Å². The van der Waals surface area contributed by atoms with Crippen molar-refractivity contribution in [2.75, 3.05) is 17.2 Å². The fourth-order valence-corrected chi connectivity index (χ4v) is 3.04. The first-order valence-electron chi connectivity index (χ1n) is 8.36. The standard InChI is InChI=1S/C18H22N4O3/c1-4-25-13-7-5-12(6-8-13)10-15(24)19-17-16-11(2)9-14(23)20-18(16)22(3)21-17/h5-8,11H,4,9-10H2,1-3H3,(H,20,23)(H,19,21,24)/t11-/m1/s1. The number of hydrogen-bond acceptors (Lipinski definition) is 4. The molecule has 0 aliphatic carbocycles. The molecule has 25 heavy (non-hydrogen) atoms. The number of amides is 2. The van der Waals surface area contributed by atoms with Gasteiger partial charge >= 0.3 is 0 Å². The second kappa shape index (κ2) is 6.96. The Labute approximate surface area is 146 Å². The first-order valence-corrected chi connectivity index (χ1v) is 8.36. The summed E-state index contributed by atoms with van der Waals surface area (Å²) in [6.07, 6.45) is 0.638. The van der Waals surface area contributed by atoms with E-state index in [0.29, 0.717) is 24.7 Å². The minimum absolute atomic E-state index is 0.0122. The van der Waals surface area contributed by atoms with Crippen LogP contribution in [0.25, 0.3) is 0 Å². The van der Waals surface area contributed by atoms with Gasteiger partial charge in [0.05, 0.1) is 13.0 Å². The zero-order valence-corrected chi connectivity index (χ0v) is 14.6. The summed E-state index contributed by atoms with van der Waals surface area (Å²) in [4.78, 5) is 24.1. The van der Waals surface area contributed by atoms with E-state index in [-0.39, 0.29) is 24.2 Å². The molecular weight excluding hydrogens is 320 g/mol. The van der Waals surface area contributed by atoms with Crippen molar-refractivity contribution in [2.45, 2.75) is 32.6 Å². The highest BCUT2D eigenvalue weighted by Gasteiger charge is 2.29. The Hall–Kier alpha value is -2.83. The van der Waals surface area contributed by atoms with E-state index in [1.165, 1.54) is 0 Å². The molecule has 7 heteroatoms. The molecule has 0 bridgehead atoms. The first-order chi connectivity index (χ1) is 12.0. The fourth-order valence-electron chi connectivity index (χ4n) is 3.04. The van der Waals surface area contributed by atoms with Crippen LogP contribution < -0.4 is 15.4 Å². The van der Waals surface area contributed by atoms with Crippen LogP contribution in [0.5, 0.6) is 5.75 Å². The van der Waals surface area contributed by atoms with Crippen LogP contribution in [0.1, 0.15) is 37.3 Å². The lowest BCUT2D eigenvalue weighted by molar-refractivity contribution is -0.117. The number of fused-ring (bicyclic) bond motifs is 1. The molecule has 0 radical (unpaired) electrons. The van der Waals surface area contributed by atoms with Gasteiger partial charge in [0.2, 0.25) is 11.8 Å². The molecule has 7 nitrogen and oxygen atoms in total. The molecule has 0 spiro atoms. The molecular formula is C18H22N4O3. The van der Waals surface area contributed by atoms with E-state index in [9.17, 15) is 9.59 Å². The zero-order chi connectivity index (χ0) is 18.0. The van der Waals surface area contributed by atoms with Gasteiger partial charge in [-0.25, -0.2) is 0 Å². The van der Waals surface area contributed by atoms with Gasteiger partial charge in [-0.05, 0) is 30.5 Å². The second-order valence-electron chi connectivity index (χ2n) is 6.19. The molecule has 0 unspecified atom stereocenters. The summed E-state index contributed by atoms with van der Waals surface area (Å²) in [6.45, 7) is 4.50. The van der Waals surface area contributed by atoms with Crippen LogP contribution in [0.3, 0.4) is 0 Å². The molecule has 1 atom stereocenters. The third-order valence-electron chi connectivity index (χ3n) is 4.18. The molecule has 0 saturated heterocycles. The van der Waals surface area contributed by atoms with Gasteiger partial charge in [-0.2, -0.15) is 5.10 Å². The second-order valence-corrected chi connectivity index (χ2v) is 6.19. The highest BCUT2D eigenvalue weighted by Crippen LogP contribution is 2.36. The monoisotopic (exact) mass is 342 g/mol. The largest absolute Gasteiger partial charge is 0.494 e. The van der Waals surface area contributed by atoms with E-state index in [4.69, 9.17) is 4.74 Å². The highest BCUT2D eigenvalue weighted by atomic mass is 16.5. The third-order valence-corrected chi connectivity index (χ3v) is 4.18. The van der Waals surface area contributed by atoms with Crippen LogP contribution in [0.15, 0.2) is 24.3 Å². The van der Waals surface area contributed by atoms with Gasteiger partial charge in [0.25, 0.3) is 0 Å². The number of carbonyl (C=O) groups is 2. The summed E-state index contributed by atoms with van der Waals surface area (Å²) in [5, 5.41) is 10.0. The quantitative estimate of drug-likeness (QED) is 0.874. The summed E-state index contributed by atoms with van der Waals surface area (Å²) in [6, 6.07) is 7.46. The lowest BCUT2D eigenvalue weighted by Gasteiger charge is -2.20. The van der Waals surface area contributed by atoms with Crippen molar-refractivity contribution in [3.63, 3.8) is 0 Å². The van der Waals surface area contributed by atoms with Gasteiger partial charge in [-0.15, -0.1) is 0 Å². The molecule has 2 amide bonds. The average Bonchev–Trinajstić information content (AvgIpc) is 2.85. The number of benzene rings is 1. The number of aryl methyl sites for hydroxylation is 1. The number of nitrogens with zero attached hydrogens (tertiary/aromatic N) is 2. The molecule has 2 N–H and O–H groups in total. The molecule has 1 aliphatic rings. The SMILES string of the molecule is CCOc1ccc(CC(=O)Nc2nn(C)c3c2[C@H](C)CC(=O)N3)cc1. The number of ether oxygens (including phenoxy) is 1. The van der Waals surface area contributed by atoms with Crippen LogP contribution in [0.2, 0.25) is 0 Å². The minimum Gasteiger partial charge on any atom is -0.494 e. The number of anilines is 2. The van der Waals surface area contributed by atoms with Crippen molar-refractivity contribution in [2.24, 2.45) is 7.05 Å². The zero-order valence-electron chi connectivity index (χ0n) is 14.6. The maximum atomic E-state index is 12.4. The summed E-state index contributed by atoms with van der Waals surface area (Å²) >= 11 is 0. The summed E-state index contributed by atoms with van der Waals surface area (Å²) in [5.74, 6) is 1.79. The Kier molecular flexibility index (Phi) is 4.74. The number of rotatable bonds is 5. The Balaban J connectivity index is 1.71. The molecule has 1 aromatic heterocycles. The summed E-state index contributed by atoms with van der Waals surface area (Å²) < 4.78 is 6.99. The minimum atomic E-state index is -0.144. The topological polar surface area (TPSA) is 85.2 Å². The van der Waals surface area contributed by atoms with Crippen LogP contribution in [0.4, 0.5) is 11.6 Å². The van der Waals surface area contributed by atoms with E-state index in [1.807, 2.05) is 38.1 Å². The maximum absolute atomic E-state index is 12.4. The van der Waals surface area contributed by atoms with Crippen LogP contribution >= 0.6 is 0 Å². The Morgan fingerprint density at radius 1 is 1.40 bits per heavy atom. The maximum Gasteiger partial charge on any atom is 0.230 e. The average molecular weight is 342 g/mol. The molecule has 0 fully saturated rings. The van der Waals surface area contributed by atoms with E-state index in [2.05, 4.69) is 15.7 Å².